The van der Waals surface area contributed by atoms with Crippen LogP contribution in [-0.4, -0.2) is 47.3 Å². The zero-order valence-corrected chi connectivity index (χ0v) is 15.5. The van der Waals surface area contributed by atoms with Crippen LogP contribution < -0.4 is 5.32 Å². The molecule has 142 valence electrons. The standard InChI is InChI=1S/C20H23N3O4/c1-13-7-9-22(10-8-13)17(24)12-23-18(25)20(2,21-19(23)26)16-11-14-5-3-4-6-15(14)27-16/h3-6,11,13H,7-10,12H2,1-2H3,(H,21,26). The van der Waals surface area contributed by atoms with Crippen LogP contribution in [0.1, 0.15) is 32.4 Å². The predicted octanol–water partition coefficient (Wildman–Crippen LogP) is 2.46. The summed E-state index contributed by atoms with van der Waals surface area (Å²) in [6.45, 7) is 4.87. The number of nitrogens with zero attached hydrogens (tertiary/aromatic N) is 2. The highest BCUT2D eigenvalue weighted by atomic mass is 16.3. The first-order valence-corrected chi connectivity index (χ1v) is 9.29. The summed E-state index contributed by atoms with van der Waals surface area (Å²) in [5.74, 6) is 0.301. The molecule has 1 N–H and O–H groups in total. The quantitative estimate of drug-likeness (QED) is 0.843. The van der Waals surface area contributed by atoms with Crippen molar-refractivity contribution in [3.05, 3.63) is 36.1 Å². The molecule has 0 saturated carbocycles. The molecule has 4 amide bonds. The number of furan rings is 1. The molecule has 1 unspecified atom stereocenters. The first-order chi connectivity index (χ1) is 12.9. The molecule has 2 aliphatic heterocycles. The summed E-state index contributed by atoms with van der Waals surface area (Å²) < 4.78 is 5.80. The van der Waals surface area contributed by atoms with Crippen molar-refractivity contribution in [1.82, 2.24) is 15.1 Å². The van der Waals surface area contributed by atoms with Gasteiger partial charge in [0, 0.05) is 18.5 Å². The first-order valence-electron chi connectivity index (χ1n) is 9.29. The molecular formula is C20H23N3O4. The molecular weight excluding hydrogens is 346 g/mol. The van der Waals surface area contributed by atoms with E-state index in [4.69, 9.17) is 4.42 Å². The number of benzene rings is 1. The molecule has 7 heteroatoms. The van der Waals surface area contributed by atoms with Crippen molar-refractivity contribution < 1.29 is 18.8 Å². The van der Waals surface area contributed by atoms with Gasteiger partial charge in [-0.25, -0.2) is 4.79 Å². The molecule has 0 spiro atoms. The first kappa shape index (κ1) is 17.6. The highest BCUT2D eigenvalue weighted by molar-refractivity contribution is 6.09. The van der Waals surface area contributed by atoms with Gasteiger partial charge in [0.1, 0.15) is 17.9 Å². The van der Waals surface area contributed by atoms with E-state index in [1.807, 2.05) is 24.3 Å². The van der Waals surface area contributed by atoms with Crippen molar-refractivity contribution in [1.29, 1.82) is 0 Å². The summed E-state index contributed by atoms with van der Waals surface area (Å²) >= 11 is 0. The largest absolute Gasteiger partial charge is 0.458 e. The Labute approximate surface area is 157 Å². The van der Waals surface area contributed by atoms with Crippen LogP contribution in [-0.2, 0) is 15.1 Å². The van der Waals surface area contributed by atoms with Gasteiger partial charge in [0.15, 0.2) is 5.54 Å². The molecule has 7 nitrogen and oxygen atoms in total. The summed E-state index contributed by atoms with van der Waals surface area (Å²) in [6, 6.07) is 8.60. The van der Waals surface area contributed by atoms with Gasteiger partial charge in [-0.1, -0.05) is 25.1 Å². The minimum Gasteiger partial charge on any atom is -0.458 e. The van der Waals surface area contributed by atoms with Crippen molar-refractivity contribution >= 4 is 28.8 Å². The second-order valence-corrected chi connectivity index (χ2v) is 7.66. The smallest absolute Gasteiger partial charge is 0.325 e. The number of nitrogens with one attached hydrogen (secondary N) is 1. The van der Waals surface area contributed by atoms with Crippen LogP contribution in [0.2, 0.25) is 0 Å². The Bertz CT molecular complexity index is 880. The maximum Gasteiger partial charge on any atom is 0.325 e. The average Bonchev–Trinajstić information content (AvgIpc) is 3.18. The number of para-hydroxylation sites is 1. The number of amides is 4. The zero-order chi connectivity index (χ0) is 19.2. The molecule has 2 fully saturated rings. The maximum absolute atomic E-state index is 13.0. The molecule has 27 heavy (non-hydrogen) atoms. The summed E-state index contributed by atoms with van der Waals surface area (Å²) in [5.41, 5.74) is -0.667. The number of likely N-dealkylation sites (tertiary alicyclic amines) is 1. The minimum atomic E-state index is -1.31. The molecule has 1 atom stereocenters. The van der Waals surface area contributed by atoms with E-state index in [1.54, 1.807) is 17.9 Å². The lowest BCUT2D eigenvalue weighted by molar-refractivity contribution is -0.139. The van der Waals surface area contributed by atoms with Crippen LogP contribution in [0.4, 0.5) is 4.79 Å². The van der Waals surface area contributed by atoms with Gasteiger partial charge in [0.25, 0.3) is 5.91 Å². The van der Waals surface area contributed by atoms with Crippen molar-refractivity contribution in [3.8, 4) is 0 Å². The van der Waals surface area contributed by atoms with Gasteiger partial charge in [-0.05, 0) is 37.8 Å². The fourth-order valence-electron chi connectivity index (χ4n) is 3.73. The molecule has 2 aromatic rings. The van der Waals surface area contributed by atoms with Gasteiger partial charge >= 0.3 is 6.03 Å². The number of rotatable bonds is 3. The Kier molecular flexibility index (Phi) is 4.17. The Hall–Kier alpha value is -2.83. The Morgan fingerprint density at radius 1 is 1.26 bits per heavy atom. The fourth-order valence-corrected chi connectivity index (χ4v) is 3.73. The number of piperidine rings is 1. The second kappa shape index (κ2) is 6.40. The second-order valence-electron chi connectivity index (χ2n) is 7.66. The third-order valence-electron chi connectivity index (χ3n) is 5.62. The Morgan fingerprint density at radius 3 is 2.67 bits per heavy atom. The normalized spacial score (nSPS) is 23.9. The number of fused-ring (bicyclic) bond motifs is 1. The van der Waals surface area contributed by atoms with Crippen LogP contribution >= 0.6 is 0 Å². The van der Waals surface area contributed by atoms with Gasteiger partial charge in [-0.3, -0.25) is 14.5 Å². The predicted molar refractivity (Wildman–Crippen MR) is 98.8 cm³/mol. The highest BCUT2D eigenvalue weighted by Crippen LogP contribution is 2.33. The number of hydrogen-bond donors (Lipinski definition) is 1. The van der Waals surface area contributed by atoms with Crippen molar-refractivity contribution in [2.45, 2.75) is 32.2 Å². The summed E-state index contributed by atoms with van der Waals surface area (Å²) in [5, 5.41) is 3.55. The Morgan fingerprint density at radius 2 is 1.96 bits per heavy atom. The van der Waals surface area contributed by atoms with E-state index in [2.05, 4.69) is 12.2 Å². The van der Waals surface area contributed by atoms with Gasteiger partial charge < -0.3 is 14.6 Å². The lowest BCUT2D eigenvalue weighted by Crippen LogP contribution is -2.46. The van der Waals surface area contributed by atoms with E-state index in [1.165, 1.54) is 0 Å². The third-order valence-corrected chi connectivity index (χ3v) is 5.62. The minimum absolute atomic E-state index is 0.195. The van der Waals surface area contributed by atoms with Crippen LogP contribution in [0, 0.1) is 5.92 Å². The number of imide groups is 1. The van der Waals surface area contributed by atoms with E-state index < -0.39 is 17.5 Å². The van der Waals surface area contributed by atoms with Crippen LogP contribution in [0.15, 0.2) is 34.7 Å². The monoisotopic (exact) mass is 369 g/mol. The van der Waals surface area contributed by atoms with E-state index in [-0.39, 0.29) is 12.5 Å². The van der Waals surface area contributed by atoms with Gasteiger partial charge in [0.05, 0.1) is 0 Å². The highest BCUT2D eigenvalue weighted by Gasteiger charge is 2.52. The SMILES string of the molecule is CC1CCN(C(=O)CN2C(=O)NC(C)(c3cc4ccccc4o3)C2=O)CC1. The fraction of sp³-hybridized carbons (Fsp3) is 0.450. The molecule has 2 aliphatic rings. The van der Waals surface area contributed by atoms with Crippen LogP contribution in [0.25, 0.3) is 11.0 Å². The number of hydrogen-bond acceptors (Lipinski definition) is 4. The number of carbonyl (C=O) groups is 3. The number of carbonyl (C=O) groups excluding carboxylic acids is 3. The molecule has 0 bridgehead atoms. The van der Waals surface area contributed by atoms with Gasteiger partial charge in [-0.15, -0.1) is 0 Å². The van der Waals surface area contributed by atoms with Gasteiger partial charge in [-0.2, -0.15) is 0 Å². The van der Waals surface area contributed by atoms with E-state index in [0.29, 0.717) is 30.4 Å². The van der Waals surface area contributed by atoms with Crippen molar-refractivity contribution in [2.24, 2.45) is 5.92 Å². The van der Waals surface area contributed by atoms with E-state index >= 15 is 0 Å². The summed E-state index contributed by atoms with van der Waals surface area (Å²) in [6.07, 6.45) is 1.89. The summed E-state index contributed by atoms with van der Waals surface area (Å²) in [7, 11) is 0. The molecule has 1 aromatic carbocycles. The van der Waals surface area contributed by atoms with Crippen molar-refractivity contribution in [2.75, 3.05) is 19.6 Å². The maximum atomic E-state index is 13.0. The third kappa shape index (κ3) is 2.97. The van der Waals surface area contributed by atoms with Crippen molar-refractivity contribution in [3.63, 3.8) is 0 Å². The van der Waals surface area contributed by atoms with Gasteiger partial charge in [0.2, 0.25) is 5.91 Å². The Balaban J connectivity index is 1.53. The molecule has 2 saturated heterocycles. The van der Waals surface area contributed by atoms with Crippen LogP contribution in [0.5, 0.6) is 0 Å². The zero-order valence-electron chi connectivity index (χ0n) is 15.5. The molecule has 3 heterocycles. The average molecular weight is 369 g/mol. The molecule has 4 rings (SSSR count). The topological polar surface area (TPSA) is 82.9 Å². The summed E-state index contributed by atoms with van der Waals surface area (Å²) in [4.78, 5) is 40.7. The molecule has 1 aromatic heterocycles. The van der Waals surface area contributed by atoms with E-state index in [9.17, 15) is 14.4 Å². The molecule has 0 radical (unpaired) electrons. The lowest BCUT2D eigenvalue weighted by Gasteiger charge is -2.31. The lowest BCUT2D eigenvalue weighted by atomic mass is 9.98. The number of urea groups is 1. The van der Waals surface area contributed by atoms with E-state index in [0.717, 1.165) is 23.1 Å². The van der Waals surface area contributed by atoms with Crippen LogP contribution in [0.3, 0.4) is 0 Å². The molecule has 0 aliphatic carbocycles.